The number of aryl methyl sites for hydroxylation is 1. The van der Waals surface area contributed by atoms with Gasteiger partial charge in [-0.25, -0.2) is 17.2 Å². The van der Waals surface area contributed by atoms with Gasteiger partial charge in [-0.1, -0.05) is 6.92 Å². The predicted molar refractivity (Wildman–Crippen MR) is 60.5 cm³/mol. The minimum absolute atomic E-state index is 0.241. The number of halogens is 3. The summed E-state index contributed by atoms with van der Waals surface area (Å²) in [7, 11) is 0.550. The van der Waals surface area contributed by atoms with Gasteiger partial charge in [-0.2, -0.15) is 0 Å². The Morgan fingerprint density at radius 2 is 2.00 bits per heavy atom. The highest BCUT2D eigenvalue weighted by atomic mass is 35.7. The lowest BCUT2D eigenvalue weighted by molar-refractivity contribution is -0.386. The zero-order valence-electron chi connectivity index (χ0n) is 9.06. The van der Waals surface area contributed by atoms with Crippen LogP contribution >= 0.6 is 10.7 Å². The number of hydrogen-bond acceptors (Lipinski definition) is 4. The van der Waals surface area contributed by atoms with Gasteiger partial charge in [-0.3, -0.25) is 10.1 Å². The molecule has 0 spiro atoms. The van der Waals surface area contributed by atoms with E-state index < -0.39 is 36.5 Å². The molecule has 0 aliphatic rings. The molecule has 0 heterocycles. The van der Waals surface area contributed by atoms with E-state index in [1.54, 1.807) is 6.92 Å². The number of nitro groups is 1. The smallest absolute Gasteiger partial charge is 0.258 e. The molecule has 18 heavy (non-hydrogen) atoms. The molecular formula is C9H8ClF2NO4S. The minimum Gasteiger partial charge on any atom is -0.258 e. The van der Waals surface area contributed by atoms with E-state index in [4.69, 9.17) is 10.7 Å². The van der Waals surface area contributed by atoms with Crippen LogP contribution in [-0.2, 0) is 15.5 Å². The van der Waals surface area contributed by atoms with E-state index in [9.17, 15) is 27.3 Å². The molecule has 0 aliphatic carbocycles. The average molecular weight is 300 g/mol. The molecule has 1 rings (SSSR count). The van der Waals surface area contributed by atoms with Gasteiger partial charge in [0.15, 0.2) is 0 Å². The van der Waals surface area contributed by atoms with Crippen LogP contribution in [0.4, 0.5) is 14.5 Å². The average Bonchev–Trinajstić information content (AvgIpc) is 2.25. The first-order valence-corrected chi connectivity index (χ1v) is 7.03. The Kier molecular flexibility index (Phi) is 4.23. The van der Waals surface area contributed by atoms with Crippen LogP contribution in [0.2, 0.25) is 0 Å². The van der Waals surface area contributed by atoms with Crippen molar-refractivity contribution in [3.63, 3.8) is 0 Å². The van der Waals surface area contributed by atoms with Crippen LogP contribution < -0.4 is 0 Å². The molecule has 0 radical (unpaired) electrons. The largest absolute Gasteiger partial charge is 0.279 e. The zero-order valence-corrected chi connectivity index (χ0v) is 10.6. The second kappa shape index (κ2) is 5.15. The van der Waals surface area contributed by atoms with E-state index in [0.29, 0.717) is 0 Å². The fraction of sp³-hybridized carbons (Fsp3) is 0.333. The van der Waals surface area contributed by atoms with Gasteiger partial charge >= 0.3 is 0 Å². The van der Waals surface area contributed by atoms with Crippen molar-refractivity contribution >= 4 is 25.4 Å². The van der Waals surface area contributed by atoms with Gasteiger partial charge in [0, 0.05) is 16.7 Å². The summed E-state index contributed by atoms with van der Waals surface area (Å²) in [5.41, 5.74) is -1.87. The SMILES string of the molecule is CCc1cc([N+](=O)[O-])c(C(F)F)c(S(=O)(=O)Cl)c1. The Morgan fingerprint density at radius 1 is 1.44 bits per heavy atom. The number of nitrogens with zero attached hydrogens (tertiary/aromatic N) is 1. The first kappa shape index (κ1) is 14.8. The molecule has 1 aromatic carbocycles. The van der Waals surface area contributed by atoms with E-state index in [2.05, 4.69) is 0 Å². The molecule has 0 saturated carbocycles. The molecule has 0 atom stereocenters. The topological polar surface area (TPSA) is 77.3 Å². The summed E-state index contributed by atoms with van der Waals surface area (Å²) in [6.07, 6.45) is -3.05. The van der Waals surface area contributed by atoms with Crippen LogP contribution in [-0.4, -0.2) is 13.3 Å². The number of hydrogen-bond donors (Lipinski definition) is 0. The Morgan fingerprint density at radius 3 is 2.33 bits per heavy atom. The molecule has 0 unspecified atom stereocenters. The lowest BCUT2D eigenvalue weighted by Gasteiger charge is -2.09. The molecule has 100 valence electrons. The third-order valence-corrected chi connectivity index (χ3v) is 3.63. The zero-order chi connectivity index (χ0) is 14.1. The summed E-state index contributed by atoms with van der Waals surface area (Å²) >= 11 is 0. The monoisotopic (exact) mass is 299 g/mol. The van der Waals surface area contributed by atoms with Crippen LogP contribution in [0.5, 0.6) is 0 Å². The first-order valence-electron chi connectivity index (χ1n) is 4.72. The highest BCUT2D eigenvalue weighted by Gasteiger charge is 2.31. The highest BCUT2D eigenvalue weighted by molar-refractivity contribution is 8.13. The third kappa shape index (κ3) is 2.94. The van der Waals surface area contributed by atoms with Crippen molar-refractivity contribution in [1.29, 1.82) is 0 Å². The molecular weight excluding hydrogens is 292 g/mol. The van der Waals surface area contributed by atoms with E-state index >= 15 is 0 Å². The summed E-state index contributed by atoms with van der Waals surface area (Å²) in [4.78, 5) is 8.75. The number of alkyl halides is 2. The van der Waals surface area contributed by atoms with Gasteiger partial charge in [-0.15, -0.1) is 0 Å². The standard InChI is InChI=1S/C9H8ClF2NO4S/c1-2-5-3-6(13(14)15)8(9(11)12)7(4-5)18(10,16)17/h3-4,9H,2H2,1H3. The van der Waals surface area contributed by atoms with Gasteiger partial charge in [-0.05, 0) is 18.1 Å². The molecule has 1 aromatic rings. The second-order valence-corrected chi connectivity index (χ2v) is 5.91. The summed E-state index contributed by atoms with van der Waals surface area (Å²) in [5, 5.41) is 10.7. The van der Waals surface area contributed by atoms with Crippen LogP contribution in [0.1, 0.15) is 24.5 Å². The van der Waals surface area contributed by atoms with Crippen molar-refractivity contribution in [2.75, 3.05) is 0 Å². The molecule has 0 aromatic heterocycles. The predicted octanol–water partition coefficient (Wildman–Crippen LogP) is 3.02. The Balaban J connectivity index is 3.77. The van der Waals surface area contributed by atoms with Gasteiger partial charge < -0.3 is 0 Å². The summed E-state index contributed by atoms with van der Waals surface area (Å²) in [6.45, 7) is 1.60. The molecule has 0 saturated heterocycles. The molecule has 0 fully saturated rings. The van der Waals surface area contributed by atoms with Gasteiger partial charge in [0.05, 0.1) is 9.82 Å². The number of benzene rings is 1. The van der Waals surface area contributed by atoms with E-state index in [-0.39, 0.29) is 12.0 Å². The fourth-order valence-corrected chi connectivity index (χ4v) is 2.58. The maximum Gasteiger partial charge on any atom is 0.279 e. The summed E-state index contributed by atoms with van der Waals surface area (Å²) in [6, 6.07) is 1.85. The van der Waals surface area contributed by atoms with E-state index in [1.807, 2.05) is 0 Å². The minimum atomic E-state index is -4.48. The molecule has 9 heteroatoms. The summed E-state index contributed by atoms with van der Waals surface area (Å²) < 4.78 is 48.0. The van der Waals surface area contributed by atoms with Crippen molar-refractivity contribution in [2.24, 2.45) is 0 Å². The second-order valence-electron chi connectivity index (χ2n) is 3.38. The quantitative estimate of drug-likeness (QED) is 0.486. The van der Waals surface area contributed by atoms with E-state index in [0.717, 1.165) is 12.1 Å². The normalized spacial score (nSPS) is 11.8. The van der Waals surface area contributed by atoms with Crippen molar-refractivity contribution in [1.82, 2.24) is 0 Å². The van der Waals surface area contributed by atoms with Crippen LogP contribution in [0, 0.1) is 10.1 Å². The van der Waals surface area contributed by atoms with Crippen LogP contribution in [0.3, 0.4) is 0 Å². The van der Waals surface area contributed by atoms with Gasteiger partial charge in [0.2, 0.25) is 0 Å². The van der Waals surface area contributed by atoms with Crippen molar-refractivity contribution in [3.05, 3.63) is 33.4 Å². The molecule has 0 amide bonds. The highest BCUT2D eigenvalue weighted by Crippen LogP contribution is 2.37. The van der Waals surface area contributed by atoms with Gasteiger partial charge in [0.1, 0.15) is 5.56 Å². The lowest BCUT2D eigenvalue weighted by Crippen LogP contribution is -2.05. The number of nitro benzene ring substituents is 1. The summed E-state index contributed by atoms with van der Waals surface area (Å²) in [5.74, 6) is 0. The van der Waals surface area contributed by atoms with Crippen LogP contribution in [0.25, 0.3) is 0 Å². The molecule has 0 N–H and O–H groups in total. The fourth-order valence-electron chi connectivity index (χ4n) is 1.44. The Bertz CT molecular complexity index is 588. The van der Waals surface area contributed by atoms with Crippen molar-refractivity contribution in [2.45, 2.75) is 24.7 Å². The first-order chi connectivity index (χ1) is 8.18. The van der Waals surface area contributed by atoms with Crippen LogP contribution in [0.15, 0.2) is 17.0 Å². The number of rotatable bonds is 4. The van der Waals surface area contributed by atoms with Gasteiger partial charge in [0.25, 0.3) is 21.2 Å². The molecule has 0 aliphatic heterocycles. The molecule has 0 bridgehead atoms. The van der Waals surface area contributed by atoms with Crippen molar-refractivity contribution in [3.8, 4) is 0 Å². The molecule has 5 nitrogen and oxygen atoms in total. The maximum atomic E-state index is 12.8. The third-order valence-electron chi connectivity index (χ3n) is 2.27. The lowest BCUT2D eigenvalue weighted by atomic mass is 10.1. The Labute approximate surface area is 106 Å². The van der Waals surface area contributed by atoms with E-state index in [1.165, 1.54) is 0 Å². The Hall–Kier alpha value is -1.28. The maximum absolute atomic E-state index is 12.8. The van der Waals surface area contributed by atoms with Crippen molar-refractivity contribution < 1.29 is 22.1 Å².